The number of anilines is 1. The van der Waals surface area contributed by atoms with Crippen LogP contribution in [-0.4, -0.2) is 12.5 Å². The van der Waals surface area contributed by atoms with Crippen molar-refractivity contribution in [1.82, 2.24) is 5.32 Å². The van der Waals surface area contributed by atoms with Crippen LogP contribution in [0.3, 0.4) is 0 Å². The fourth-order valence-electron chi connectivity index (χ4n) is 1.00. The van der Waals surface area contributed by atoms with Gasteiger partial charge in [0, 0.05) is 19.2 Å². The Bertz CT molecular complexity index is 328. The highest BCUT2D eigenvalue weighted by molar-refractivity contribution is 5.73. The van der Waals surface area contributed by atoms with Crippen LogP contribution in [0.2, 0.25) is 0 Å². The molecular weight excluding hydrogens is 176 g/mol. The number of nitrogen functional groups attached to an aromatic ring is 1. The predicted molar refractivity (Wildman–Crippen MR) is 58.6 cm³/mol. The molecule has 0 heterocycles. The first-order chi connectivity index (χ1) is 6.68. The average Bonchev–Trinajstić information content (AvgIpc) is 2.15. The van der Waals surface area contributed by atoms with Gasteiger partial charge >= 0.3 is 0 Å². The summed E-state index contributed by atoms with van der Waals surface area (Å²) in [4.78, 5) is 10.5. The van der Waals surface area contributed by atoms with Gasteiger partial charge in [0.05, 0.1) is 0 Å². The molecule has 0 spiro atoms. The second-order valence-electron chi connectivity index (χ2n) is 3.01. The van der Waals surface area contributed by atoms with E-state index in [9.17, 15) is 4.79 Å². The fraction of sp³-hybridized carbons (Fsp3) is 0.182. The molecule has 0 aliphatic heterocycles. The summed E-state index contributed by atoms with van der Waals surface area (Å²) in [5.74, 6) is -0.0213. The van der Waals surface area contributed by atoms with Gasteiger partial charge < -0.3 is 11.1 Å². The van der Waals surface area contributed by atoms with Crippen LogP contribution >= 0.6 is 0 Å². The Balaban J connectivity index is 2.44. The van der Waals surface area contributed by atoms with Crippen LogP contribution in [0.15, 0.2) is 30.3 Å². The van der Waals surface area contributed by atoms with Crippen molar-refractivity contribution in [3.63, 3.8) is 0 Å². The quantitative estimate of drug-likeness (QED) is 0.708. The number of benzene rings is 1. The Labute approximate surface area is 83.6 Å². The van der Waals surface area contributed by atoms with E-state index < -0.39 is 0 Å². The highest BCUT2D eigenvalue weighted by Gasteiger charge is 1.87. The second kappa shape index (κ2) is 5.07. The number of hydrogen-bond acceptors (Lipinski definition) is 2. The zero-order chi connectivity index (χ0) is 10.4. The predicted octanol–water partition coefficient (Wildman–Crippen LogP) is 1.42. The SMILES string of the molecule is CC(=O)NCC=Cc1ccc(N)cc1. The van der Waals surface area contributed by atoms with Crippen molar-refractivity contribution in [2.45, 2.75) is 6.92 Å². The Kier molecular flexibility index (Phi) is 3.73. The summed E-state index contributed by atoms with van der Waals surface area (Å²) in [6.45, 7) is 2.05. The summed E-state index contributed by atoms with van der Waals surface area (Å²) in [5.41, 5.74) is 7.37. The number of nitrogens with one attached hydrogen (secondary N) is 1. The van der Waals surface area contributed by atoms with Crippen LogP contribution in [0, 0.1) is 0 Å². The first kappa shape index (κ1) is 10.3. The largest absolute Gasteiger partial charge is 0.399 e. The first-order valence-electron chi connectivity index (χ1n) is 4.45. The highest BCUT2D eigenvalue weighted by atomic mass is 16.1. The summed E-state index contributed by atoms with van der Waals surface area (Å²) in [6.07, 6.45) is 3.84. The number of rotatable bonds is 3. The molecule has 1 amide bonds. The maximum atomic E-state index is 10.5. The van der Waals surface area contributed by atoms with E-state index in [4.69, 9.17) is 5.73 Å². The molecule has 0 saturated heterocycles. The van der Waals surface area contributed by atoms with E-state index in [1.807, 2.05) is 36.4 Å². The highest BCUT2D eigenvalue weighted by Crippen LogP contribution is 2.06. The zero-order valence-electron chi connectivity index (χ0n) is 8.16. The zero-order valence-corrected chi connectivity index (χ0v) is 8.16. The second-order valence-corrected chi connectivity index (χ2v) is 3.01. The molecule has 0 fully saturated rings. The molecule has 1 rings (SSSR count). The molecule has 0 aromatic heterocycles. The van der Waals surface area contributed by atoms with Crippen molar-refractivity contribution in [1.29, 1.82) is 0 Å². The van der Waals surface area contributed by atoms with E-state index in [1.165, 1.54) is 6.92 Å². The number of hydrogen-bond donors (Lipinski definition) is 2. The van der Waals surface area contributed by atoms with Gasteiger partial charge in [-0.25, -0.2) is 0 Å². The summed E-state index contributed by atoms with van der Waals surface area (Å²) in [7, 11) is 0. The van der Waals surface area contributed by atoms with Crippen molar-refractivity contribution in [3.8, 4) is 0 Å². The van der Waals surface area contributed by atoms with Gasteiger partial charge in [0.15, 0.2) is 0 Å². The van der Waals surface area contributed by atoms with Gasteiger partial charge in [0.25, 0.3) is 0 Å². The Morgan fingerprint density at radius 1 is 1.43 bits per heavy atom. The van der Waals surface area contributed by atoms with Gasteiger partial charge in [0.2, 0.25) is 5.91 Å². The summed E-state index contributed by atoms with van der Waals surface area (Å²) >= 11 is 0. The topological polar surface area (TPSA) is 55.1 Å². The molecule has 0 unspecified atom stereocenters. The van der Waals surface area contributed by atoms with Crippen LogP contribution in [0.5, 0.6) is 0 Å². The van der Waals surface area contributed by atoms with Crippen molar-refractivity contribution < 1.29 is 4.79 Å². The fourth-order valence-corrected chi connectivity index (χ4v) is 1.00. The number of carbonyl (C=O) groups is 1. The van der Waals surface area contributed by atoms with Crippen LogP contribution < -0.4 is 11.1 Å². The minimum absolute atomic E-state index is 0.0213. The van der Waals surface area contributed by atoms with Crippen LogP contribution in [-0.2, 0) is 4.79 Å². The molecular formula is C11H14N2O. The van der Waals surface area contributed by atoms with E-state index in [2.05, 4.69) is 5.32 Å². The lowest BCUT2D eigenvalue weighted by atomic mass is 10.2. The number of amides is 1. The molecule has 0 aliphatic rings. The molecule has 74 valence electrons. The van der Waals surface area contributed by atoms with E-state index in [0.717, 1.165) is 11.3 Å². The van der Waals surface area contributed by atoms with Crippen molar-refractivity contribution in [3.05, 3.63) is 35.9 Å². The third-order valence-electron chi connectivity index (χ3n) is 1.72. The van der Waals surface area contributed by atoms with E-state index in [0.29, 0.717) is 6.54 Å². The molecule has 1 aromatic rings. The van der Waals surface area contributed by atoms with Gasteiger partial charge in [-0.1, -0.05) is 24.3 Å². The molecule has 0 radical (unpaired) electrons. The monoisotopic (exact) mass is 190 g/mol. The molecule has 0 bridgehead atoms. The number of carbonyl (C=O) groups excluding carboxylic acids is 1. The molecule has 1 aromatic carbocycles. The lowest BCUT2D eigenvalue weighted by Crippen LogP contribution is -2.19. The van der Waals surface area contributed by atoms with Gasteiger partial charge in [-0.3, -0.25) is 4.79 Å². The van der Waals surface area contributed by atoms with Crippen molar-refractivity contribution >= 4 is 17.7 Å². The van der Waals surface area contributed by atoms with Gasteiger partial charge in [-0.15, -0.1) is 0 Å². The standard InChI is InChI=1S/C11H14N2O/c1-9(14)13-8-2-3-10-4-6-11(12)7-5-10/h2-7H,8,12H2,1H3,(H,13,14). The Morgan fingerprint density at radius 2 is 2.07 bits per heavy atom. The molecule has 0 atom stereocenters. The molecule has 14 heavy (non-hydrogen) atoms. The average molecular weight is 190 g/mol. The third-order valence-corrected chi connectivity index (χ3v) is 1.72. The van der Waals surface area contributed by atoms with E-state index in [-0.39, 0.29) is 5.91 Å². The molecule has 3 nitrogen and oxygen atoms in total. The van der Waals surface area contributed by atoms with Crippen LogP contribution in [0.4, 0.5) is 5.69 Å². The lowest BCUT2D eigenvalue weighted by molar-refractivity contribution is -0.118. The van der Waals surface area contributed by atoms with Gasteiger partial charge in [-0.05, 0) is 17.7 Å². The number of nitrogens with two attached hydrogens (primary N) is 1. The summed E-state index contributed by atoms with van der Waals surface area (Å²) < 4.78 is 0. The minimum Gasteiger partial charge on any atom is -0.399 e. The Hall–Kier alpha value is -1.77. The van der Waals surface area contributed by atoms with E-state index in [1.54, 1.807) is 0 Å². The molecule has 0 saturated carbocycles. The molecule has 0 aliphatic carbocycles. The van der Waals surface area contributed by atoms with Crippen molar-refractivity contribution in [2.24, 2.45) is 0 Å². The first-order valence-corrected chi connectivity index (χ1v) is 4.45. The maximum absolute atomic E-state index is 10.5. The van der Waals surface area contributed by atoms with Crippen molar-refractivity contribution in [2.75, 3.05) is 12.3 Å². The Morgan fingerprint density at radius 3 is 2.64 bits per heavy atom. The van der Waals surface area contributed by atoms with Crippen LogP contribution in [0.25, 0.3) is 6.08 Å². The lowest BCUT2D eigenvalue weighted by Gasteiger charge is -1.96. The smallest absolute Gasteiger partial charge is 0.217 e. The van der Waals surface area contributed by atoms with Gasteiger partial charge in [-0.2, -0.15) is 0 Å². The minimum atomic E-state index is -0.0213. The third kappa shape index (κ3) is 3.76. The summed E-state index contributed by atoms with van der Waals surface area (Å²) in [5, 5.41) is 2.68. The van der Waals surface area contributed by atoms with E-state index >= 15 is 0 Å². The van der Waals surface area contributed by atoms with Gasteiger partial charge in [0.1, 0.15) is 0 Å². The normalized spacial score (nSPS) is 10.4. The maximum Gasteiger partial charge on any atom is 0.217 e. The molecule has 3 heteroatoms. The van der Waals surface area contributed by atoms with Crippen LogP contribution in [0.1, 0.15) is 12.5 Å². The summed E-state index contributed by atoms with van der Waals surface area (Å²) in [6, 6.07) is 7.55. The molecule has 3 N–H and O–H groups in total.